The summed E-state index contributed by atoms with van der Waals surface area (Å²) >= 11 is 1.10. The van der Waals surface area contributed by atoms with Gasteiger partial charge in [0.2, 0.25) is 5.95 Å². The molecule has 0 aliphatic carbocycles. The van der Waals surface area contributed by atoms with Crippen LogP contribution in [0.4, 0.5) is 5.95 Å². The van der Waals surface area contributed by atoms with Gasteiger partial charge >= 0.3 is 5.97 Å². The molecule has 0 unspecified atom stereocenters. The maximum absolute atomic E-state index is 10.6. The molecule has 0 aromatic carbocycles. The first-order valence-corrected chi connectivity index (χ1v) is 6.91. The summed E-state index contributed by atoms with van der Waals surface area (Å²) in [4.78, 5) is 10.6. The zero-order valence-corrected chi connectivity index (χ0v) is 12.3. The van der Waals surface area contributed by atoms with Crippen molar-refractivity contribution in [1.82, 2.24) is 24.5 Å². The van der Waals surface area contributed by atoms with Gasteiger partial charge in [0.05, 0.1) is 18.0 Å². The molecule has 8 nitrogen and oxygen atoms in total. The number of carboxylic acids is 1. The number of nitrogens with two attached hydrogens (primary N) is 1. The highest BCUT2D eigenvalue weighted by atomic mass is 32.2. The van der Waals surface area contributed by atoms with Crippen LogP contribution in [0.3, 0.4) is 0 Å². The van der Waals surface area contributed by atoms with Gasteiger partial charge < -0.3 is 10.8 Å². The van der Waals surface area contributed by atoms with Crippen molar-refractivity contribution in [2.45, 2.75) is 25.5 Å². The Bertz CT molecular complexity index is 648. The molecule has 2 aromatic heterocycles. The smallest absolute Gasteiger partial charge is 0.313 e. The number of nitrogen functional groups attached to an aromatic ring is 1. The van der Waals surface area contributed by atoms with E-state index >= 15 is 0 Å². The lowest BCUT2D eigenvalue weighted by Gasteiger charge is -2.08. The van der Waals surface area contributed by atoms with Crippen LogP contribution in [0, 0.1) is 13.8 Å². The second-order valence-electron chi connectivity index (χ2n) is 4.38. The van der Waals surface area contributed by atoms with E-state index in [1.165, 1.54) is 0 Å². The van der Waals surface area contributed by atoms with Gasteiger partial charge in [-0.1, -0.05) is 11.8 Å². The largest absolute Gasteiger partial charge is 0.481 e. The summed E-state index contributed by atoms with van der Waals surface area (Å²) in [7, 11) is 1.88. The van der Waals surface area contributed by atoms with Gasteiger partial charge in [0.15, 0.2) is 5.16 Å². The molecule has 9 heteroatoms. The molecule has 0 aliphatic heterocycles. The Morgan fingerprint density at radius 1 is 1.40 bits per heavy atom. The van der Waals surface area contributed by atoms with E-state index in [1.807, 2.05) is 20.9 Å². The van der Waals surface area contributed by atoms with E-state index in [-0.39, 0.29) is 11.7 Å². The summed E-state index contributed by atoms with van der Waals surface area (Å²) in [6.45, 7) is 4.37. The van der Waals surface area contributed by atoms with E-state index in [1.54, 1.807) is 9.25 Å². The first-order chi connectivity index (χ1) is 9.40. The summed E-state index contributed by atoms with van der Waals surface area (Å²) in [5.74, 6) is -0.722. The normalized spacial score (nSPS) is 10.9. The third-order valence-electron chi connectivity index (χ3n) is 3.05. The van der Waals surface area contributed by atoms with Crippen molar-refractivity contribution >= 4 is 23.7 Å². The fourth-order valence-corrected chi connectivity index (χ4v) is 2.55. The van der Waals surface area contributed by atoms with Crippen molar-refractivity contribution in [3.05, 3.63) is 17.0 Å². The quantitative estimate of drug-likeness (QED) is 0.770. The maximum atomic E-state index is 10.6. The zero-order valence-electron chi connectivity index (χ0n) is 11.5. The molecule has 108 valence electrons. The lowest BCUT2D eigenvalue weighted by Crippen LogP contribution is -2.09. The first-order valence-electron chi connectivity index (χ1n) is 5.92. The summed E-state index contributed by atoms with van der Waals surface area (Å²) in [6, 6.07) is 0. The Balaban J connectivity index is 2.28. The molecular formula is C11H16N6O2S. The van der Waals surface area contributed by atoms with Gasteiger partial charge in [0.1, 0.15) is 0 Å². The van der Waals surface area contributed by atoms with Crippen LogP contribution in [0.25, 0.3) is 0 Å². The van der Waals surface area contributed by atoms with Gasteiger partial charge in [-0.05, 0) is 13.8 Å². The standard InChI is InChI=1S/C11H16N6O2S/c1-6-8(7(2)16(3)15-6)4-17-10(12)13-14-11(17)20-5-9(18)19/h4-5H2,1-3H3,(H2,12,13)(H,18,19). The number of rotatable bonds is 5. The molecule has 0 saturated carbocycles. The minimum absolute atomic E-state index is 0.0802. The van der Waals surface area contributed by atoms with Gasteiger partial charge in [-0.15, -0.1) is 10.2 Å². The molecule has 2 heterocycles. The van der Waals surface area contributed by atoms with Crippen molar-refractivity contribution in [1.29, 1.82) is 0 Å². The summed E-state index contributed by atoms with van der Waals surface area (Å²) in [5.41, 5.74) is 8.78. The first kappa shape index (κ1) is 14.4. The van der Waals surface area contributed by atoms with Crippen LogP contribution in [-0.2, 0) is 18.4 Å². The van der Waals surface area contributed by atoms with Crippen LogP contribution in [0.15, 0.2) is 5.16 Å². The Labute approximate surface area is 120 Å². The SMILES string of the molecule is Cc1nn(C)c(C)c1Cn1c(N)nnc1SCC(=O)O. The van der Waals surface area contributed by atoms with Crippen LogP contribution in [0.1, 0.15) is 17.0 Å². The number of carboxylic acid groups (broad SMARTS) is 1. The van der Waals surface area contributed by atoms with Crippen LogP contribution < -0.4 is 5.73 Å². The van der Waals surface area contributed by atoms with E-state index in [9.17, 15) is 4.79 Å². The molecule has 0 fully saturated rings. The topological polar surface area (TPSA) is 112 Å². The predicted molar refractivity (Wildman–Crippen MR) is 74.6 cm³/mol. The number of aryl methyl sites for hydroxylation is 2. The third-order valence-corrected chi connectivity index (χ3v) is 4.00. The molecule has 0 spiro atoms. The van der Waals surface area contributed by atoms with Gasteiger partial charge in [-0.3, -0.25) is 14.0 Å². The molecule has 2 aromatic rings. The highest BCUT2D eigenvalue weighted by Crippen LogP contribution is 2.21. The Hall–Kier alpha value is -2.03. The number of anilines is 1. The fourth-order valence-electron chi connectivity index (χ4n) is 1.89. The fraction of sp³-hybridized carbons (Fsp3) is 0.455. The number of hydrogen-bond acceptors (Lipinski definition) is 6. The molecule has 0 saturated heterocycles. The Morgan fingerprint density at radius 3 is 2.65 bits per heavy atom. The molecule has 0 atom stereocenters. The highest BCUT2D eigenvalue weighted by Gasteiger charge is 2.16. The number of thioether (sulfide) groups is 1. The monoisotopic (exact) mass is 296 g/mol. The second kappa shape index (κ2) is 5.53. The number of aromatic nitrogens is 5. The number of hydrogen-bond donors (Lipinski definition) is 2. The molecule has 3 N–H and O–H groups in total. The minimum Gasteiger partial charge on any atom is -0.481 e. The predicted octanol–water partition coefficient (Wildman–Crippen LogP) is 0.436. The van der Waals surface area contributed by atoms with Crippen molar-refractivity contribution in [3.63, 3.8) is 0 Å². The number of aliphatic carboxylic acids is 1. The zero-order chi connectivity index (χ0) is 14.9. The van der Waals surface area contributed by atoms with Gasteiger partial charge in [0.25, 0.3) is 0 Å². The molecule has 0 bridgehead atoms. The van der Waals surface area contributed by atoms with Crippen LogP contribution in [0.2, 0.25) is 0 Å². The molecule has 0 amide bonds. The molecule has 2 rings (SSSR count). The van der Waals surface area contributed by atoms with E-state index in [2.05, 4.69) is 15.3 Å². The Kier molecular flexibility index (Phi) is 3.98. The van der Waals surface area contributed by atoms with Crippen LogP contribution in [0.5, 0.6) is 0 Å². The molecule has 0 aliphatic rings. The van der Waals surface area contributed by atoms with Gasteiger partial charge in [-0.25, -0.2) is 0 Å². The van der Waals surface area contributed by atoms with Crippen LogP contribution >= 0.6 is 11.8 Å². The third kappa shape index (κ3) is 2.77. The number of nitrogens with zero attached hydrogens (tertiary/aromatic N) is 5. The molecule has 20 heavy (non-hydrogen) atoms. The summed E-state index contributed by atoms with van der Waals surface area (Å²) in [6.07, 6.45) is 0. The molecular weight excluding hydrogens is 280 g/mol. The van der Waals surface area contributed by atoms with E-state index in [4.69, 9.17) is 10.8 Å². The lowest BCUT2D eigenvalue weighted by atomic mass is 10.2. The van der Waals surface area contributed by atoms with Crippen molar-refractivity contribution in [2.75, 3.05) is 11.5 Å². The average molecular weight is 296 g/mol. The van der Waals surface area contributed by atoms with Crippen LogP contribution in [-0.4, -0.2) is 41.4 Å². The van der Waals surface area contributed by atoms with E-state index in [0.29, 0.717) is 11.7 Å². The van der Waals surface area contributed by atoms with Gasteiger partial charge in [-0.2, -0.15) is 5.10 Å². The Morgan fingerprint density at radius 2 is 2.10 bits per heavy atom. The average Bonchev–Trinajstić information content (AvgIpc) is 2.83. The van der Waals surface area contributed by atoms with Crippen molar-refractivity contribution < 1.29 is 9.90 Å². The summed E-state index contributed by atoms with van der Waals surface area (Å²) in [5, 5.41) is 21.3. The second-order valence-corrected chi connectivity index (χ2v) is 5.32. The number of carbonyl (C=O) groups is 1. The van der Waals surface area contributed by atoms with E-state index in [0.717, 1.165) is 28.7 Å². The lowest BCUT2D eigenvalue weighted by molar-refractivity contribution is -0.133. The maximum Gasteiger partial charge on any atom is 0.313 e. The summed E-state index contributed by atoms with van der Waals surface area (Å²) < 4.78 is 3.50. The van der Waals surface area contributed by atoms with Crippen molar-refractivity contribution in [2.24, 2.45) is 7.05 Å². The minimum atomic E-state index is -0.906. The van der Waals surface area contributed by atoms with Crippen molar-refractivity contribution in [3.8, 4) is 0 Å². The van der Waals surface area contributed by atoms with E-state index < -0.39 is 5.97 Å². The van der Waals surface area contributed by atoms with Gasteiger partial charge in [0, 0.05) is 18.3 Å². The highest BCUT2D eigenvalue weighted by molar-refractivity contribution is 7.99. The molecule has 0 radical (unpaired) electrons.